The third-order valence-corrected chi connectivity index (χ3v) is 6.62. The van der Waals surface area contributed by atoms with Gasteiger partial charge in [0, 0.05) is 25.2 Å². The number of hydrogen-bond donors (Lipinski definition) is 3. The molecule has 1 fully saturated rings. The molecule has 1 aliphatic heterocycles. The first kappa shape index (κ1) is 17.1. The smallest absolute Gasteiger partial charge is 0.191 e. The van der Waals surface area contributed by atoms with Gasteiger partial charge in [0.1, 0.15) is 5.75 Å². The molecule has 3 N–H and O–H groups in total. The van der Waals surface area contributed by atoms with E-state index in [9.17, 15) is 13.5 Å². The van der Waals surface area contributed by atoms with Crippen LogP contribution in [0, 0.1) is 0 Å². The van der Waals surface area contributed by atoms with E-state index in [2.05, 4.69) is 15.6 Å². The number of aromatic hydroxyl groups is 1. The Balaban J connectivity index is 1.66. The van der Waals surface area contributed by atoms with E-state index in [0.717, 1.165) is 24.8 Å². The molecule has 1 aliphatic carbocycles. The Bertz CT molecular complexity index is 744. The molecule has 0 radical (unpaired) electrons. The van der Waals surface area contributed by atoms with Gasteiger partial charge in [-0.1, -0.05) is 6.07 Å². The standard InChI is InChI=1S/C17H25N3O3S/c1-18-17(20-13-8-9-24(22,23)11-13)19-10-15-14-5-3-2-4-12(14)6-7-16(15)21/h6-7,13,21H,2-5,8-11H2,1H3,(H2,18,19,20). The molecule has 0 amide bonds. The Labute approximate surface area is 143 Å². The van der Waals surface area contributed by atoms with Crippen molar-refractivity contribution in [3.8, 4) is 5.75 Å². The van der Waals surface area contributed by atoms with Gasteiger partial charge < -0.3 is 15.7 Å². The summed E-state index contributed by atoms with van der Waals surface area (Å²) in [5, 5.41) is 16.6. The zero-order valence-corrected chi connectivity index (χ0v) is 14.8. The molecule has 132 valence electrons. The lowest BCUT2D eigenvalue weighted by Crippen LogP contribution is -2.43. The molecule has 1 heterocycles. The van der Waals surface area contributed by atoms with Crippen LogP contribution in [0.25, 0.3) is 0 Å². The third kappa shape index (κ3) is 3.83. The van der Waals surface area contributed by atoms with Crippen molar-refractivity contribution in [2.75, 3.05) is 18.6 Å². The maximum atomic E-state index is 11.6. The fraction of sp³-hybridized carbons (Fsp3) is 0.588. The molecule has 1 saturated heterocycles. The van der Waals surface area contributed by atoms with Gasteiger partial charge in [-0.05, 0) is 49.3 Å². The summed E-state index contributed by atoms with van der Waals surface area (Å²) in [5.41, 5.74) is 3.49. The number of nitrogens with one attached hydrogen (secondary N) is 2. The van der Waals surface area contributed by atoms with Crippen LogP contribution >= 0.6 is 0 Å². The second-order valence-electron chi connectivity index (χ2n) is 6.58. The van der Waals surface area contributed by atoms with Crippen LogP contribution in [0.5, 0.6) is 5.75 Å². The maximum Gasteiger partial charge on any atom is 0.191 e. The number of aliphatic imine (C=N–C) groups is 1. The fourth-order valence-corrected chi connectivity index (χ4v) is 5.23. The van der Waals surface area contributed by atoms with Gasteiger partial charge in [-0.15, -0.1) is 0 Å². The molecule has 24 heavy (non-hydrogen) atoms. The maximum absolute atomic E-state index is 11.6. The third-order valence-electron chi connectivity index (χ3n) is 4.86. The Morgan fingerprint density at radius 1 is 1.33 bits per heavy atom. The predicted octanol–water partition coefficient (Wildman–Crippen LogP) is 1.12. The number of fused-ring (bicyclic) bond motifs is 1. The Kier molecular flexibility index (Phi) is 4.99. The second kappa shape index (κ2) is 7.01. The van der Waals surface area contributed by atoms with Crippen molar-refractivity contribution in [1.82, 2.24) is 10.6 Å². The largest absolute Gasteiger partial charge is 0.508 e. The number of hydrogen-bond acceptors (Lipinski definition) is 4. The van der Waals surface area contributed by atoms with Crippen molar-refractivity contribution in [3.63, 3.8) is 0 Å². The van der Waals surface area contributed by atoms with Gasteiger partial charge in [-0.3, -0.25) is 4.99 Å². The number of aryl methyl sites for hydroxylation is 1. The molecule has 2 aliphatic rings. The molecule has 6 nitrogen and oxygen atoms in total. The van der Waals surface area contributed by atoms with Crippen molar-refractivity contribution in [1.29, 1.82) is 0 Å². The van der Waals surface area contributed by atoms with Crippen LogP contribution in [0.1, 0.15) is 36.0 Å². The zero-order valence-electron chi connectivity index (χ0n) is 14.0. The number of phenolic OH excluding ortho intramolecular Hbond substituents is 1. The molecule has 3 rings (SSSR count). The van der Waals surface area contributed by atoms with Crippen LogP contribution in [0.4, 0.5) is 0 Å². The number of phenols is 1. The Hall–Kier alpha value is -1.76. The minimum atomic E-state index is -2.92. The monoisotopic (exact) mass is 351 g/mol. The Morgan fingerprint density at radius 2 is 2.12 bits per heavy atom. The average molecular weight is 351 g/mol. The molecule has 0 bridgehead atoms. The van der Waals surface area contributed by atoms with E-state index in [-0.39, 0.29) is 17.5 Å². The summed E-state index contributed by atoms with van der Waals surface area (Å²) in [6.07, 6.45) is 5.01. The van der Waals surface area contributed by atoms with Crippen molar-refractivity contribution >= 4 is 15.8 Å². The first-order valence-electron chi connectivity index (χ1n) is 8.49. The topological polar surface area (TPSA) is 90.8 Å². The van der Waals surface area contributed by atoms with Crippen LogP contribution in [0.2, 0.25) is 0 Å². The minimum absolute atomic E-state index is 0.0977. The molecule has 1 unspecified atom stereocenters. The van der Waals surface area contributed by atoms with Crippen molar-refractivity contribution in [2.24, 2.45) is 4.99 Å². The zero-order chi connectivity index (χ0) is 17.2. The number of guanidine groups is 1. The molecular weight excluding hydrogens is 326 g/mol. The molecule has 1 aromatic rings. The molecule has 7 heteroatoms. The van der Waals surface area contributed by atoms with E-state index >= 15 is 0 Å². The normalized spacial score (nSPS) is 22.9. The number of sulfone groups is 1. The van der Waals surface area contributed by atoms with Gasteiger partial charge >= 0.3 is 0 Å². The summed E-state index contributed by atoms with van der Waals surface area (Å²) in [6, 6.07) is 3.68. The quantitative estimate of drug-likeness (QED) is 0.561. The lowest BCUT2D eigenvalue weighted by Gasteiger charge is -2.22. The average Bonchev–Trinajstić information content (AvgIpc) is 2.91. The van der Waals surface area contributed by atoms with E-state index < -0.39 is 9.84 Å². The van der Waals surface area contributed by atoms with Gasteiger partial charge in [0.2, 0.25) is 0 Å². The van der Waals surface area contributed by atoms with Gasteiger partial charge in [0.05, 0.1) is 11.5 Å². The highest BCUT2D eigenvalue weighted by Gasteiger charge is 2.28. The van der Waals surface area contributed by atoms with Gasteiger partial charge in [0.15, 0.2) is 15.8 Å². The first-order valence-corrected chi connectivity index (χ1v) is 10.3. The molecule has 0 spiro atoms. The van der Waals surface area contributed by atoms with E-state index in [1.54, 1.807) is 13.1 Å². The highest BCUT2D eigenvalue weighted by atomic mass is 32.2. The highest BCUT2D eigenvalue weighted by molar-refractivity contribution is 7.91. The molecule has 1 atom stereocenters. The number of benzene rings is 1. The summed E-state index contributed by atoms with van der Waals surface area (Å²) in [4.78, 5) is 4.17. The SMILES string of the molecule is CN=C(NCc1c(O)ccc2c1CCCC2)NC1CCS(=O)(=O)C1. The van der Waals surface area contributed by atoms with Crippen LogP contribution in [0.3, 0.4) is 0 Å². The number of rotatable bonds is 3. The lowest BCUT2D eigenvalue weighted by molar-refractivity contribution is 0.464. The molecular formula is C17H25N3O3S. The molecule has 0 saturated carbocycles. The second-order valence-corrected chi connectivity index (χ2v) is 8.81. The van der Waals surface area contributed by atoms with Crippen molar-refractivity contribution in [3.05, 3.63) is 28.8 Å². The van der Waals surface area contributed by atoms with Gasteiger partial charge in [0.25, 0.3) is 0 Å². The Morgan fingerprint density at radius 3 is 2.83 bits per heavy atom. The van der Waals surface area contributed by atoms with Crippen LogP contribution < -0.4 is 10.6 Å². The summed E-state index contributed by atoms with van der Waals surface area (Å²) in [5.74, 6) is 1.26. The van der Waals surface area contributed by atoms with Crippen LogP contribution in [-0.2, 0) is 29.2 Å². The van der Waals surface area contributed by atoms with E-state index in [1.165, 1.54) is 17.5 Å². The predicted molar refractivity (Wildman–Crippen MR) is 95.1 cm³/mol. The first-order chi connectivity index (χ1) is 11.5. The lowest BCUT2D eigenvalue weighted by atomic mass is 9.88. The minimum Gasteiger partial charge on any atom is -0.508 e. The van der Waals surface area contributed by atoms with Gasteiger partial charge in [-0.25, -0.2) is 8.42 Å². The van der Waals surface area contributed by atoms with E-state index in [0.29, 0.717) is 24.7 Å². The van der Waals surface area contributed by atoms with Crippen LogP contribution in [0.15, 0.2) is 17.1 Å². The van der Waals surface area contributed by atoms with Gasteiger partial charge in [-0.2, -0.15) is 0 Å². The number of nitrogens with zero attached hydrogens (tertiary/aromatic N) is 1. The summed E-state index contributed by atoms with van der Waals surface area (Å²) < 4.78 is 23.1. The van der Waals surface area contributed by atoms with E-state index in [1.807, 2.05) is 6.07 Å². The van der Waals surface area contributed by atoms with Crippen LogP contribution in [-0.4, -0.2) is 44.1 Å². The van der Waals surface area contributed by atoms with Crippen molar-refractivity contribution in [2.45, 2.75) is 44.7 Å². The summed E-state index contributed by atoms with van der Waals surface area (Å²) in [6.45, 7) is 0.480. The van der Waals surface area contributed by atoms with Crippen molar-refractivity contribution < 1.29 is 13.5 Å². The van der Waals surface area contributed by atoms with E-state index in [4.69, 9.17) is 0 Å². The molecule has 0 aromatic heterocycles. The highest BCUT2D eigenvalue weighted by Crippen LogP contribution is 2.30. The summed E-state index contributed by atoms with van der Waals surface area (Å²) >= 11 is 0. The summed E-state index contributed by atoms with van der Waals surface area (Å²) in [7, 11) is -1.25. The molecule has 1 aromatic carbocycles. The fourth-order valence-electron chi connectivity index (χ4n) is 3.56.